The fraction of sp³-hybridized carbons (Fsp3) is 0.143. The van der Waals surface area contributed by atoms with Crippen LogP contribution in [0.2, 0.25) is 10.0 Å². The molecule has 0 aliphatic rings. The maximum absolute atomic E-state index is 13.2. The predicted octanol–water partition coefficient (Wildman–Crippen LogP) is 5.36. The summed E-state index contributed by atoms with van der Waals surface area (Å²) in [5.74, 6) is 0.183. The van der Waals surface area contributed by atoms with Crippen LogP contribution in [0.1, 0.15) is 10.7 Å². The zero-order chi connectivity index (χ0) is 21.3. The standard InChI is InChI=1S/C21H15Cl2N3O2S2/c1-12-10-29-19(24-12)9-14(27)11-30-21-25-18-5-3-2-4-15(18)20(28)26(21)13-6-7-16(22)17(23)8-13/h2-8,10H,9,11H2,1H3. The summed E-state index contributed by atoms with van der Waals surface area (Å²) in [7, 11) is 0. The summed E-state index contributed by atoms with van der Waals surface area (Å²) >= 11 is 14.9. The van der Waals surface area contributed by atoms with Crippen LogP contribution in [0.15, 0.2) is 57.8 Å². The Labute approximate surface area is 190 Å². The number of thiazole rings is 1. The number of nitrogens with zero attached hydrogens (tertiary/aromatic N) is 3. The summed E-state index contributed by atoms with van der Waals surface area (Å²) in [5.41, 5.74) is 1.78. The van der Waals surface area contributed by atoms with Gasteiger partial charge in [-0.3, -0.25) is 14.2 Å². The molecule has 4 rings (SSSR count). The van der Waals surface area contributed by atoms with Crippen LogP contribution in [0.3, 0.4) is 0 Å². The first-order valence-corrected chi connectivity index (χ1v) is 11.6. The fourth-order valence-electron chi connectivity index (χ4n) is 2.91. The van der Waals surface area contributed by atoms with Crippen molar-refractivity contribution in [2.75, 3.05) is 5.75 Å². The van der Waals surface area contributed by atoms with Gasteiger partial charge in [-0.1, -0.05) is 47.1 Å². The second kappa shape index (κ2) is 8.89. The molecule has 2 heterocycles. The van der Waals surface area contributed by atoms with E-state index in [1.807, 2.05) is 18.4 Å². The maximum Gasteiger partial charge on any atom is 0.266 e. The molecule has 0 radical (unpaired) electrons. The van der Waals surface area contributed by atoms with Gasteiger partial charge in [0.25, 0.3) is 5.56 Å². The SMILES string of the molecule is Cc1csc(CC(=O)CSc2nc3ccccc3c(=O)n2-c2ccc(Cl)c(Cl)c2)n1. The normalized spacial score (nSPS) is 11.2. The smallest absolute Gasteiger partial charge is 0.266 e. The number of thioether (sulfide) groups is 1. The zero-order valence-corrected chi connectivity index (χ0v) is 18.9. The number of rotatable bonds is 6. The van der Waals surface area contributed by atoms with Crippen molar-refractivity contribution in [3.63, 3.8) is 0 Å². The minimum absolute atomic E-state index is 0.0115. The molecule has 30 heavy (non-hydrogen) atoms. The molecule has 0 saturated heterocycles. The molecule has 0 N–H and O–H groups in total. The number of aromatic nitrogens is 3. The third kappa shape index (κ3) is 4.44. The first-order chi connectivity index (χ1) is 14.4. The number of fused-ring (bicyclic) bond motifs is 1. The highest BCUT2D eigenvalue weighted by molar-refractivity contribution is 7.99. The minimum Gasteiger partial charge on any atom is -0.298 e. The van der Waals surface area contributed by atoms with Crippen LogP contribution in [0.25, 0.3) is 16.6 Å². The van der Waals surface area contributed by atoms with E-state index in [-0.39, 0.29) is 23.5 Å². The molecule has 152 valence electrons. The van der Waals surface area contributed by atoms with Gasteiger partial charge < -0.3 is 0 Å². The van der Waals surface area contributed by atoms with E-state index >= 15 is 0 Å². The van der Waals surface area contributed by atoms with E-state index in [1.165, 1.54) is 27.7 Å². The van der Waals surface area contributed by atoms with Gasteiger partial charge in [-0.25, -0.2) is 9.97 Å². The van der Waals surface area contributed by atoms with Crippen molar-refractivity contribution in [1.82, 2.24) is 14.5 Å². The first kappa shape index (κ1) is 21.1. The first-order valence-electron chi connectivity index (χ1n) is 8.95. The number of benzene rings is 2. The number of aryl methyl sites for hydroxylation is 1. The fourth-order valence-corrected chi connectivity index (χ4v) is 4.87. The molecule has 0 saturated carbocycles. The topological polar surface area (TPSA) is 64.8 Å². The lowest BCUT2D eigenvalue weighted by Gasteiger charge is -2.13. The van der Waals surface area contributed by atoms with Gasteiger partial charge in [-0.05, 0) is 37.3 Å². The molecule has 0 unspecified atom stereocenters. The summed E-state index contributed by atoms with van der Waals surface area (Å²) in [6, 6.07) is 12.1. The molecule has 0 bridgehead atoms. The van der Waals surface area contributed by atoms with Gasteiger partial charge in [0.2, 0.25) is 0 Å². The molecular weight excluding hydrogens is 461 g/mol. The molecule has 0 aliphatic carbocycles. The third-order valence-corrected chi connectivity index (χ3v) is 6.99. The maximum atomic E-state index is 13.2. The Hall–Kier alpha value is -2.19. The summed E-state index contributed by atoms with van der Waals surface area (Å²) in [5, 5.41) is 4.33. The molecular formula is C21H15Cl2N3O2S2. The van der Waals surface area contributed by atoms with Gasteiger partial charge in [0.05, 0.1) is 38.8 Å². The molecule has 0 atom stereocenters. The molecule has 0 fully saturated rings. The molecule has 0 aliphatic heterocycles. The van der Waals surface area contributed by atoms with Crippen molar-refractivity contribution < 1.29 is 4.79 Å². The highest BCUT2D eigenvalue weighted by Crippen LogP contribution is 2.27. The van der Waals surface area contributed by atoms with Crippen molar-refractivity contribution >= 4 is 63.0 Å². The lowest BCUT2D eigenvalue weighted by Crippen LogP contribution is -2.22. The molecule has 9 heteroatoms. The van der Waals surface area contributed by atoms with E-state index in [9.17, 15) is 9.59 Å². The number of halogens is 2. The molecule has 4 aromatic rings. The quantitative estimate of drug-likeness (QED) is 0.277. The van der Waals surface area contributed by atoms with Crippen molar-refractivity contribution in [2.45, 2.75) is 18.5 Å². The third-order valence-electron chi connectivity index (χ3n) is 4.28. The van der Waals surface area contributed by atoms with Crippen LogP contribution in [-0.4, -0.2) is 26.1 Å². The van der Waals surface area contributed by atoms with Crippen LogP contribution in [0.5, 0.6) is 0 Å². The van der Waals surface area contributed by atoms with E-state index in [0.717, 1.165) is 10.7 Å². The van der Waals surface area contributed by atoms with Crippen molar-refractivity contribution in [3.8, 4) is 5.69 Å². The van der Waals surface area contributed by atoms with Gasteiger partial charge in [0.15, 0.2) is 5.16 Å². The zero-order valence-electron chi connectivity index (χ0n) is 15.8. The highest BCUT2D eigenvalue weighted by atomic mass is 35.5. The Kier molecular flexibility index (Phi) is 6.24. The van der Waals surface area contributed by atoms with Crippen molar-refractivity contribution in [3.05, 3.63) is 78.9 Å². The summed E-state index contributed by atoms with van der Waals surface area (Å²) < 4.78 is 1.47. The Balaban J connectivity index is 1.71. The lowest BCUT2D eigenvalue weighted by atomic mass is 10.2. The van der Waals surface area contributed by atoms with E-state index in [4.69, 9.17) is 23.2 Å². The van der Waals surface area contributed by atoms with Gasteiger partial charge in [-0.2, -0.15) is 0 Å². The predicted molar refractivity (Wildman–Crippen MR) is 124 cm³/mol. The van der Waals surface area contributed by atoms with E-state index in [0.29, 0.717) is 31.8 Å². The van der Waals surface area contributed by atoms with Crippen LogP contribution in [-0.2, 0) is 11.2 Å². The van der Waals surface area contributed by atoms with Gasteiger partial charge in [0.1, 0.15) is 10.8 Å². The second-order valence-electron chi connectivity index (χ2n) is 6.54. The average molecular weight is 476 g/mol. The molecule has 0 amide bonds. The minimum atomic E-state index is -0.232. The summed E-state index contributed by atoms with van der Waals surface area (Å²) in [6.07, 6.45) is 0.260. The van der Waals surface area contributed by atoms with Crippen LogP contribution in [0.4, 0.5) is 0 Å². The van der Waals surface area contributed by atoms with Crippen molar-refractivity contribution in [1.29, 1.82) is 0 Å². The largest absolute Gasteiger partial charge is 0.298 e. The molecule has 2 aromatic carbocycles. The monoisotopic (exact) mass is 475 g/mol. The highest BCUT2D eigenvalue weighted by Gasteiger charge is 2.16. The van der Waals surface area contributed by atoms with Crippen molar-refractivity contribution in [2.24, 2.45) is 0 Å². The van der Waals surface area contributed by atoms with E-state index in [2.05, 4.69) is 9.97 Å². The number of Topliss-reactive ketones (excluding diaryl/α,β-unsaturated/α-hetero) is 1. The Morgan fingerprint density at radius 1 is 1.13 bits per heavy atom. The summed E-state index contributed by atoms with van der Waals surface area (Å²) in [6.45, 7) is 1.90. The van der Waals surface area contributed by atoms with Gasteiger partial charge >= 0.3 is 0 Å². The molecule has 0 spiro atoms. The number of carbonyl (C=O) groups excluding carboxylic acids is 1. The number of hydrogen-bond donors (Lipinski definition) is 0. The second-order valence-corrected chi connectivity index (χ2v) is 9.24. The number of ketones is 1. The van der Waals surface area contributed by atoms with Crippen LogP contribution >= 0.6 is 46.3 Å². The molecule has 5 nitrogen and oxygen atoms in total. The Morgan fingerprint density at radius 3 is 2.67 bits per heavy atom. The number of para-hydroxylation sites is 1. The van der Waals surface area contributed by atoms with Gasteiger partial charge in [0, 0.05) is 11.1 Å². The Morgan fingerprint density at radius 2 is 1.93 bits per heavy atom. The van der Waals surface area contributed by atoms with E-state index in [1.54, 1.807) is 36.4 Å². The van der Waals surface area contributed by atoms with Crippen LogP contribution < -0.4 is 5.56 Å². The Bertz CT molecular complexity index is 1320. The lowest BCUT2D eigenvalue weighted by molar-refractivity contribution is -0.116. The summed E-state index contributed by atoms with van der Waals surface area (Å²) in [4.78, 5) is 34.7. The number of carbonyl (C=O) groups is 1. The van der Waals surface area contributed by atoms with E-state index < -0.39 is 0 Å². The number of hydrogen-bond acceptors (Lipinski definition) is 6. The average Bonchev–Trinajstić information content (AvgIpc) is 3.13. The molecule has 2 aromatic heterocycles. The van der Waals surface area contributed by atoms with Gasteiger partial charge in [-0.15, -0.1) is 11.3 Å². The van der Waals surface area contributed by atoms with Crippen LogP contribution in [0, 0.1) is 6.92 Å².